The number of ether oxygens (including phenoxy) is 1. The van der Waals surface area contributed by atoms with Gasteiger partial charge in [-0.3, -0.25) is 9.59 Å². The highest BCUT2D eigenvalue weighted by molar-refractivity contribution is 5.83. The van der Waals surface area contributed by atoms with Crippen molar-refractivity contribution in [2.24, 2.45) is 5.73 Å². The molecule has 0 saturated heterocycles. The van der Waals surface area contributed by atoms with E-state index in [4.69, 9.17) is 10.5 Å². The van der Waals surface area contributed by atoms with Crippen molar-refractivity contribution in [3.05, 3.63) is 72.9 Å². The average Bonchev–Trinajstić information content (AvgIpc) is 3.21. The van der Waals surface area contributed by atoms with Crippen LogP contribution in [0.25, 0.3) is 0 Å². The second-order valence-electron chi connectivity index (χ2n) is 15.8. The number of nitrogens with one attached hydrogen (secondary N) is 1. The number of rotatable bonds is 42. The zero-order valence-electron chi connectivity index (χ0n) is 37.4. The topological polar surface area (TPSA) is 119 Å². The van der Waals surface area contributed by atoms with Crippen LogP contribution in [0.2, 0.25) is 0 Å². The Morgan fingerprint density at radius 1 is 0.517 bits per heavy atom. The number of amides is 1. The van der Waals surface area contributed by atoms with Crippen molar-refractivity contribution in [2.45, 2.75) is 225 Å². The van der Waals surface area contributed by atoms with Crippen molar-refractivity contribution in [3.63, 3.8) is 0 Å². The summed E-state index contributed by atoms with van der Waals surface area (Å²) >= 11 is 0. The Labute approximate surface area is 356 Å². The first-order chi connectivity index (χ1) is 28.4. The Morgan fingerprint density at radius 3 is 1.36 bits per heavy atom. The van der Waals surface area contributed by atoms with Gasteiger partial charge in [0.25, 0.3) is 0 Å². The SMILES string of the molecule is CC/C=C\C/C=C\C/C=C\C/C=C\C/C=C\C/C=C\CCC(=O)OC(CCCCCCCCCCCCCCC)CCCCCCCC(=O)NC(CCCN)C(=O)O. The zero-order valence-corrected chi connectivity index (χ0v) is 37.4. The van der Waals surface area contributed by atoms with Gasteiger partial charge >= 0.3 is 11.9 Å². The second kappa shape index (κ2) is 44.9. The summed E-state index contributed by atoms with van der Waals surface area (Å²) in [6, 6.07) is -0.865. The maximum Gasteiger partial charge on any atom is 0.326 e. The van der Waals surface area contributed by atoms with Gasteiger partial charge in [0.1, 0.15) is 12.1 Å². The van der Waals surface area contributed by atoms with Gasteiger partial charge in [-0.15, -0.1) is 0 Å². The monoisotopic (exact) mass is 809 g/mol. The maximum absolute atomic E-state index is 12.8. The molecule has 0 fully saturated rings. The number of carboxylic acid groups (broad SMARTS) is 1. The lowest BCUT2D eigenvalue weighted by molar-refractivity contribution is -0.149. The molecule has 332 valence electrons. The first-order valence-corrected chi connectivity index (χ1v) is 23.8. The summed E-state index contributed by atoms with van der Waals surface area (Å²) in [5.74, 6) is -1.32. The minimum Gasteiger partial charge on any atom is -0.480 e. The van der Waals surface area contributed by atoms with E-state index in [1.54, 1.807) is 0 Å². The Hall–Kier alpha value is -3.19. The number of nitrogens with two attached hydrogens (primary N) is 1. The van der Waals surface area contributed by atoms with E-state index >= 15 is 0 Å². The fraction of sp³-hybridized carbons (Fsp3) is 0.706. The molecule has 1 amide bonds. The van der Waals surface area contributed by atoms with E-state index < -0.39 is 12.0 Å². The van der Waals surface area contributed by atoms with E-state index in [0.29, 0.717) is 38.6 Å². The molecule has 0 radical (unpaired) electrons. The van der Waals surface area contributed by atoms with Gasteiger partial charge in [-0.1, -0.05) is 183 Å². The summed E-state index contributed by atoms with van der Waals surface area (Å²) in [7, 11) is 0. The molecule has 7 heteroatoms. The van der Waals surface area contributed by atoms with Gasteiger partial charge in [-0.05, 0) is 96.4 Å². The second-order valence-corrected chi connectivity index (χ2v) is 15.8. The third-order valence-electron chi connectivity index (χ3n) is 10.3. The van der Waals surface area contributed by atoms with Crippen LogP contribution in [0.15, 0.2) is 72.9 Å². The summed E-state index contributed by atoms with van der Waals surface area (Å²) in [4.78, 5) is 36.4. The fourth-order valence-corrected chi connectivity index (χ4v) is 6.77. The van der Waals surface area contributed by atoms with Gasteiger partial charge in [0.2, 0.25) is 5.91 Å². The molecule has 2 atom stereocenters. The molecule has 0 heterocycles. The Morgan fingerprint density at radius 2 is 0.931 bits per heavy atom. The number of carbonyl (C=O) groups excluding carboxylic acids is 2. The molecule has 0 rings (SSSR count). The summed E-state index contributed by atoms with van der Waals surface area (Å²) in [5, 5.41) is 12.0. The molecule has 4 N–H and O–H groups in total. The molecule has 7 nitrogen and oxygen atoms in total. The number of aliphatic carboxylic acids is 1. The van der Waals surface area contributed by atoms with E-state index in [-0.39, 0.29) is 18.0 Å². The molecule has 0 aromatic heterocycles. The van der Waals surface area contributed by atoms with Gasteiger partial charge < -0.3 is 20.9 Å². The van der Waals surface area contributed by atoms with Crippen LogP contribution < -0.4 is 11.1 Å². The molecule has 0 aliphatic rings. The van der Waals surface area contributed by atoms with Crippen LogP contribution in [0.5, 0.6) is 0 Å². The van der Waals surface area contributed by atoms with Crippen LogP contribution in [-0.2, 0) is 19.1 Å². The third-order valence-corrected chi connectivity index (χ3v) is 10.3. The number of hydrogen-bond donors (Lipinski definition) is 3. The molecule has 58 heavy (non-hydrogen) atoms. The van der Waals surface area contributed by atoms with Crippen LogP contribution in [0, 0.1) is 0 Å². The summed E-state index contributed by atoms with van der Waals surface area (Å²) in [5.41, 5.74) is 5.49. The standard InChI is InChI=1S/C51H88N2O5/c1-3-5-7-9-11-13-15-17-18-19-20-21-22-24-26-28-30-35-39-45-50(55)58-47(41-36-32-29-27-25-23-16-14-12-10-8-6-4-2)42-37-33-31-34-38-44-49(54)53-48(51(56)57)43-40-46-52/h5,7,11,13,17-18,20-21,24,26,30,35,47-48H,3-4,6,8-10,12,14-16,19,22-23,25,27-29,31-34,36-46,52H2,1-2H3,(H,53,54)(H,56,57)/b7-5-,13-11-,18-17-,21-20-,26-24-,35-30-. The van der Waals surface area contributed by atoms with Crippen molar-refractivity contribution in [1.82, 2.24) is 5.32 Å². The van der Waals surface area contributed by atoms with Crippen molar-refractivity contribution in [1.29, 1.82) is 0 Å². The lowest BCUT2D eigenvalue weighted by Gasteiger charge is -2.18. The Kier molecular flexibility index (Phi) is 42.4. The lowest BCUT2D eigenvalue weighted by atomic mass is 10.0. The largest absolute Gasteiger partial charge is 0.480 e. The van der Waals surface area contributed by atoms with Gasteiger partial charge in [-0.25, -0.2) is 4.79 Å². The minimum absolute atomic E-state index is 0.0299. The van der Waals surface area contributed by atoms with Crippen molar-refractivity contribution in [3.8, 4) is 0 Å². The van der Waals surface area contributed by atoms with Gasteiger partial charge in [-0.2, -0.15) is 0 Å². The molecule has 0 saturated carbocycles. The third kappa shape index (κ3) is 41.0. The Balaban J connectivity index is 4.45. The number of unbranched alkanes of at least 4 members (excludes halogenated alkanes) is 16. The van der Waals surface area contributed by atoms with Crippen LogP contribution in [0.1, 0.15) is 213 Å². The quantitative estimate of drug-likeness (QED) is 0.0321. The predicted molar refractivity (Wildman–Crippen MR) is 248 cm³/mol. The fourth-order valence-electron chi connectivity index (χ4n) is 6.77. The lowest BCUT2D eigenvalue weighted by Crippen LogP contribution is -2.40. The summed E-state index contributed by atoms with van der Waals surface area (Å²) in [6.07, 6.45) is 58.1. The predicted octanol–water partition coefficient (Wildman–Crippen LogP) is 13.9. The molecule has 0 bridgehead atoms. The van der Waals surface area contributed by atoms with E-state index in [1.165, 1.54) is 77.0 Å². The normalized spacial score (nSPS) is 13.3. The van der Waals surface area contributed by atoms with E-state index in [1.807, 2.05) is 0 Å². The van der Waals surface area contributed by atoms with E-state index in [0.717, 1.165) is 89.9 Å². The number of esters is 1. The molecule has 0 spiro atoms. The van der Waals surface area contributed by atoms with Crippen molar-refractivity contribution in [2.75, 3.05) is 6.54 Å². The number of allylic oxidation sites excluding steroid dienone is 12. The van der Waals surface area contributed by atoms with E-state index in [2.05, 4.69) is 92.1 Å². The van der Waals surface area contributed by atoms with Crippen LogP contribution in [0.4, 0.5) is 0 Å². The number of carbonyl (C=O) groups is 3. The highest BCUT2D eigenvalue weighted by Gasteiger charge is 2.19. The molecular formula is C51H88N2O5. The minimum atomic E-state index is -1.01. The molecule has 0 aromatic rings. The van der Waals surface area contributed by atoms with E-state index in [9.17, 15) is 19.5 Å². The van der Waals surface area contributed by atoms with Crippen LogP contribution in [-0.4, -0.2) is 41.6 Å². The summed E-state index contributed by atoms with van der Waals surface area (Å²) < 4.78 is 6.02. The molecule has 0 aliphatic heterocycles. The highest BCUT2D eigenvalue weighted by atomic mass is 16.5. The molecule has 0 aromatic carbocycles. The average molecular weight is 809 g/mol. The number of carboxylic acids is 1. The van der Waals surface area contributed by atoms with Gasteiger partial charge in [0, 0.05) is 12.8 Å². The maximum atomic E-state index is 12.8. The zero-order chi connectivity index (χ0) is 42.4. The van der Waals surface area contributed by atoms with Crippen LogP contribution >= 0.6 is 0 Å². The molecule has 2 unspecified atom stereocenters. The number of hydrogen-bond acceptors (Lipinski definition) is 5. The van der Waals surface area contributed by atoms with Gasteiger partial charge in [0.15, 0.2) is 0 Å². The highest BCUT2D eigenvalue weighted by Crippen LogP contribution is 2.19. The molecular weight excluding hydrogens is 721 g/mol. The Bertz CT molecular complexity index is 1140. The first-order valence-electron chi connectivity index (χ1n) is 23.8. The van der Waals surface area contributed by atoms with Crippen molar-refractivity contribution >= 4 is 17.8 Å². The van der Waals surface area contributed by atoms with Crippen LogP contribution in [0.3, 0.4) is 0 Å². The molecule has 0 aliphatic carbocycles. The first kappa shape index (κ1) is 54.8. The summed E-state index contributed by atoms with van der Waals surface area (Å²) in [6.45, 7) is 4.83. The smallest absolute Gasteiger partial charge is 0.326 e. The van der Waals surface area contributed by atoms with Crippen molar-refractivity contribution < 1.29 is 24.2 Å². The van der Waals surface area contributed by atoms with Gasteiger partial charge in [0.05, 0.1) is 0 Å².